The number of anilines is 1. The number of hydrogen-bond acceptors (Lipinski definition) is 5. The highest BCUT2D eigenvalue weighted by molar-refractivity contribution is 9.10. The van der Waals surface area contributed by atoms with E-state index in [0.717, 1.165) is 12.8 Å². The molecule has 0 saturated carbocycles. The summed E-state index contributed by atoms with van der Waals surface area (Å²) in [7, 11) is 1.50. The van der Waals surface area contributed by atoms with Gasteiger partial charge in [0.15, 0.2) is 11.5 Å². The normalized spacial score (nSPS) is 10.8. The zero-order chi connectivity index (χ0) is 25.9. The number of methoxy groups -OCH3 is 1. The highest BCUT2D eigenvalue weighted by Gasteiger charge is 2.13. The molecular weight excluding hydrogens is 529 g/mol. The molecule has 0 radical (unpaired) electrons. The molecule has 0 spiro atoms. The number of carbonyl (C=O) groups excluding carboxylic acids is 2. The van der Waals surface area contributed by atoms with Crippen molar-refractivity contribution < 1.29 is 28.2 Å². The largest absolute Gasteiger partial charge is 0.493 e. The van der Waals surface area contributed by atoms with Crippen LogP contribution in [-0.2, 0) is 16.1 Å². The van der Waals surface area contributed by atoms with E-state index in [1.54, 1.807) is 60.7 Å². The number of benzene rings is 3. The van der Waals surface area contributed by atoms with Crippen LogP contribution in [0.1, 0.15) is 41.3 Å². The summed E-state index contributed by atoms with van der Waals surface area (Å²) < 4.78 is 30.9. The fourth-order valence-corrected chi connectivity index (χ4v) is 3.79. The highest BCUT2D eigenvalue weighted by Crippen LogP contribution is 2.37. The van der Waals surface area contributed by atoms with E-state index in [0.29, 0.717) is 45.0 Å². The minimum atomic E-state index is -0.427. The molecule has 0 heterocycles. The average Bonchev–Trinajstić information content (AvgIpc) is 2.87. The molecule has 3 aromatic rings. The molecule has 0 aliphatic carbocycles. The third kappa shape index (κ3) is 7.68. The van der Waals surface area contributed by atoms with Gasteiger partial charge in [-0.1, -0.05) is 37.6 Å². The van der Waals surface area contributed by atoms with Crippen LogP contribution in [0.5, 0.6) is 11.5 Å². The molecule has 1 N–H and O–H groups in total. The second kappa shape index (κ2) is 13.4. The molecule has 0 fully saturated rings. The fraction of sp³-hybridized carbons (Fsp3) is 0.214. The van der Waals surface area contributed by atoms with Crippen molar-refractivity contribution in [3.05, 3.63) is 93.7 Å². The van der Waals surface area contributed by atoms with Gasteiger partial charge in [-0.3, -0.25) is 4.79 Å². The lowest BCUT2D eigenvalue weighted by molar-refractivity contribution is -0.111. The van der Waals surface area contributed by atoms with E-state index in [1.807, 2.05) is 6.92 Å². The van der Waals surface area contributed by atoms with Gasteiger partial charge in [-0.05, 0) is 70.4 Å². The molecule has 0 unspecified atom stereocenters. The van der Waals surface area contributed by atoms with Gasteiger partial charge in [0.05, 0.1) is 23.8 Å². The van der Waals surface area contributed by atoms with Crippen molar-refractivity contribution in [2.45, 2.75) is 26.4 Å². The van der Waals surface area contributed by atoms with Gasteiger partial charge >= 0.3 is 5.97 Å². The van der Waals surface area contributed by atoms with Crippen molar-refractivity contribution in [2.75, 3.05) is 19.0 Å². The monoisotopic (exact) mass is 555 g/mol. The van der Waals surface area contributed by atoms with Gasteiger partial charge in [0.2, 0.25) is 5.91 Å². The Kier molecular flexibility index (Phi) is 10.1. The first-order valence-electron chi connectivity index (χ1n) is 11.4. The van der Waals surface area contributed by atoms with E-state index in [-0.39, 0.29) is 18.3 Å². The van der Waals surface area contributed by atoms with E-state index in [1.165, 1.54) is 19.3 Å². The Labute approximate surface area is 218 Å². The van der Waals surface area contributed by atoms with E-state index in [4.69, 9.17) is 14.2 Å². The standard InChI is InChI=1S/C28H27BrFNO5/c1-3-4-14-35-28(33)20-9-7-10-22(17-20)31-26(32)13-12-19-15-23(29)27(25(16-19)34-2)36-18-21-8-5-6-11-24(21)30/h5-13,15-17H,3-4,14,18H2,1-2H3,(H,31,32)/b13-12+. The average molecular weight is 556 g/mol. The number of carbonyl (C=O) groups is 2. The van der Waals surface area contributed by atoms with Crippen molar-refractivity contribution in [3.63, 3.8) is 0 Å². The summed E-state index contributed by atoms with van der Waals surface area (Å²) in [5, 5.41) is 2.74. The third-order valence-corrected chi connectivity index (χ3v) is 5.69. The maximum atomic E-state index is 13.9. The van der Waals surface area contributed by atoms with Gasteiger partial charge < -0.3 is 19.5 Å². The lowest BCUT2D eigenvalue weighted by atomic mass is 10.1. The molecule has 0 aliphatic heterocycles. The lowest BCUT2D eigenvalue weighted by Crippen LogP contribution is -2.10. The number of amides is 1. The zero-order valence-corrected chi connectivity index (χ0v) is 21.6. The number of unbranched alkanes of at least 4 members (excludes halogenated alkanes) is 1. The minimum absolute atomic E-state index is 0.0322. The summed E-state index contributed by atoms with van der Waals surface area (Å²) in [6, 6.07) is 16.4. The number of hydrogen-bond donors (Lipinski definition) is 1. The number of rotatable bonds is 11. The van der Waals surface area contributed by atoms with E-state index in [9.17, 15) is 14.0 Å². The Morgan fingerprint density at radius 3 is 2.64 bits per heavy atom. The molecule has 3 rings (SSSR count). The number of esters is 1. The zero-order valence-electron chi connectivity index (χ0n) is 20.1. The van der Waals surface area contributed by atoms with Gasteiger partial charge in [-0.15, -0.1) is 0 Å². The van der Waals surface area contributed by atoms with Gasteiger partial charge in [0, 0.05) is 17.3 Å². The van der Waals surface area contributed by atoms with Crippen molar-refractivity contribution in [3.8, 4) is 11.5 Å². The first kappa shape index (κ1) is 26.9. The van der Waals surface area contributed by atoms with Crippen LogP contribution in [0, 0.1) is 5.82 Å². The van der Waals surface area contributed by atoms with Gasteiger partial charge in [0.1, 0.15) is 12.4 Å². The summed E-state index contributed by atoms with van der Waals surface area (Å²) in [4.78, 5) is 24.6. The fourth-order valence-electron chi connectivity index (χ4n) is 3.21. The second-order valence-electron chi connectivity index (χ2n) is 7.81. The van der Waals surface area contributed by atoms with Crippen LogP contribution in [-0.4, -0.2) is 25.6 Å². The molecule has 0 aliphatic rings. The van der Waals surface area contributed by atoms with Crippen LogP contribution in [0.2, 0.25) is 0 Å². The highest BCUT2D eigenvalue weighted by atomic mass is 79.9. The predicted octanol–water partition coefficient (Wildman–Crippen LogP) is 6.78. The summed E-state index contributed by atoms with van der Waals surface area (Å²) >= 11 is 3.46. The maximum Gasteiger partial charge on any atom is 0.338 e. The maximum absolute atomic E-state index is 13.9. The minimum Gasteiger partial charge on any atom is -0.493 e. The molecule has 36 heavy (non-hydrogen) atoms. The predicted molar refractivity (Wildman–Crippen MR) is 141 cm³/mol. The number of halogens is 2. The second-order valence-corrected chi connectivity index (χ2v) is 8.66. The Morgan fingerprint density at radius 1 is 1.08 bits per heavy atom. The van der Waals surface area contributed by atoms with Crippen molar-refractivity contribution in [2.24, 2.45) is 0 Å². The van der Waals surface area contributed by atoms with E-state index < -0.39 is 5.97 Å². The molecule has 3 aromatic carbocycles. The molecule has 1 amide bonds. The van der Waals surface area contributed by atoms with Crippen LogP contribution in [0.25, 0.3) is 6.08 Å². The molecule has 0 atom stereocenters. The van der Waals surface area contributed by atoms with Crippen molar-refractivity contribution in [1.29, 1.82) is 0 Å². The van der Waals surface area contributed by atoms with Crippen LogP contribution in [0.4, 0.5) is 10.1 Å². The number of ether oxygens (including phenoxy) is 3. The molecule has 188 valence electrons. The van der Waals surface area contributed by atoms with Gasteiger partial charge in [-0.2, -0.15) is 0 Å². The van der Waals surface area contributed by atoms with Crippen LogP contribution in [0.15, 0.2) is 71.2 Å². The summed E-state index contributed by atoms with van der Waals surface area (Å²) in [6.07, 6.45) is 4.72. The van der Waals surface area contributed by atoms with Crippen LogP contribution in [0.3, 0.4) is 0 Å². The lowest BCUT2D eigenvalue weighted by Gasteiger charge is -2.14. The summed E-state index contributed by atoms with van der Waals surface area (Å²) in [6.45, 7) is 2.41. The molecule has 6 nitrogen and oxygen atoms in total. The third-order valence-electron chi connectivity index (χ3n) is 5.11. The smallest absolute Gasteiger partial charge is 0.338 e. The Hall–Kier alpha value is -3.65. The molecule has 0 saturated heterocycles. The quantitative estimate of drug-likeness (QED) is 0.160. The Bertz CT molecular complexity index is 1240. The van der Waals surface area contributed by atoms with Crippen molar-refractivity contribution >= 4 is 39.6 Å². The Balaban J connectivity index is 1.65. The van der Waals surface area contributed by atoms with Crippen LogP contribution < -0.4 is 14.8 Å². The van der Waals surface area contributed by atoms with E-state index >= 15 is 0 Å². The summed E-state index contributed by atoms with van der Waals surface area (Å²) in [5.41, 5.74) is 1.95. The van der Waals surface area contributed by atoms with Gasteiger partial charge in [0.25, 0.3) is 0 Å². The Morgan fingerprint density at radius 2 is 1.89 bits per heavy atom. The first-order valence-corrected chi connectivity index (χ1v) is 12.2. The van der Waals surface area contributed by atoms with Crippen molar-refractivity contribution in [1.82, 2.24) is 0 Å². The molecule has 0 aromatic heterocycles. The molecule has 8 heteroatoms. The molecular formula is C28H27BrFNO5. The van der Waals surface area contributed by atoms with E-state index in [2.05, 4.69) is 21.2 Å². The SMILES string of the molecule is CCCCOC(=O)c1cccc(NC(=O)/C=C/c2cc(Br)c(OCc3ccccc3F)c(OC)c2)c1. The molecule has 0 bridgehead atoms. The van der Waals surface area contributed by atoms with Crippen LogP contribution >= 0.6 is 15.9 Å². The first-order chi connectivity index (χ1) is 17.4. The topological polar surface area (TPSA) is 73.9 Å². The number of nitrogens with one attached hydrogen (secondary N) is 1. The van der Waals surface area contributed by atoms with Gasteiger partial charge in [-0.25, -0.2) is 9.18 Å². The summed E-state index contributed by atoms with van der Waals surface area (Å²) in [5.74, 6) is -0.303.